The first-order chi connectivity index (χ1) is 17.5. The lowest BCUT2D eigenvalue weighted by molar-refractivity contribution is 0.0787. The van der Waals surface area contributed by atoms with Crippen molar-refractivity contribution in [2.75, 3.05) is 42.7 Å². The second-order valence-electron chi connectivity index (χ2n) is 8.35. The van der Waals surface area contributed by atoms with Crippen molar-refractivity contribution in [3.8, 4) is 11.4 Å². The first-order valence-corrected chi connectivity index (χ1v) is 11.5. The largest absolute Gasteiger partial charge is 0.395 e. The van der Waals surface area contributed by atoms with Gasteiger partial charge in [-0.1, -0.05) is 0 Å². The van der Waals surface area contributed by atoms with Crippen LogP contribution >= 0.6 is 0 Å². The molecule has 186 valence electrons. The van der Waals surface area contributed by atoms with Crippen LogP contribution in [0.15, 0.2) is 40.4 Å². The fraction of sp³-hybridized carbons (Fsp3) is 0.292. The number of nitrogens with two attached hydrogens (primary N) is 1. The van der Waals surface area contributed by atoms with Crippen LogP contribution < -0.4 is 21.5 Å². The number of rotatable bonds is 8. The van der Waals surface area contributed by atoms with E-state index in [-0.39, 0.29) is 35.2 Å². The lowest BCUT2D eigenvalue weighted by Crippen LogP contribution is -2.51. The van der Waals surface area contributed by atoms with Crippen molar-refractivity contribution in [3.63, 3.8) is 0 Å². The van der Waals surface area contributed by atoms with Crippen LogP contribution in [-0.2, 0) is 11.3 Å². The molecule has 0 radical (unpaired) electrons. The number of aliphatic imine (C=N–C) groups is 1. The number of ether oxygens (including phenoxy) is 1. The van der Waals surface area contributed by atoms with Gasteiger partial charge in [0, 0.05) is 51.0 Å². The number of anilines is 3. The van der Waals surface area contributed by atoms with E-state index in [4.69, 9.17) is 10.5 Å². The van der Waals surface area contributed by atoms with E-state index < -0.39 is 11.4 Å². The molecule has 0 bridgehead atoms. The van der Waals surface area contributed by atoms with E-state index in [9.17, 15) is 4.79 Å². The SMILES string of the molecule is CCN=Cc1[nH]c(=O)c(-c2nc3c(F)cc(N4CC(OC)C4)cc3[nH]2)c(NCc2ncccn2)c1N. The van der Waals surface area contributed by atoms with E-state index in [2.05, 4.69) is 35.2 Å². The third-order valence-electron chi connectivity index (χ3n) is 6.04. The van der Waals surface area contributed by atoms with Gasteiger partial charge in [-0.25, -0.2) is 19.3 Å². The number of aromatic nitrogens is 5. The summed E-state index contributed by atoms with van der Waals surface area (Å²) >= 11 is 0. The van der Waals surface area contributed by atoms with E-state index in [0.717, 1.165) is 0 Å². The number of imidazole rings is 1. The molecule has 1 aromatic carbocycles. The summed E-state index contributed by atoms with van der Waals surface area (Å²) in [6.45, 7) is 3.96. The summed E-state index contributed by atoms with van der Waals surface area (Å²) in [4.78, 5) is 38.1. The normalized spacial score (nSPS) is 14.0. The highest BCUT2D eigenvalue weighted by molar-refractivity contribution is 5.95. The average Bonchev–Trinajstić information content (AvgIpc) is 3.27. The van der Waals surface area contributed by atoms with Crippen molar-refractivity contribution in [2.45, 2.75) is 19.6 Å². The van der Waals surface area contributed by atoms with E-state index >= 15 is 4.39 Å². The maximum absolute atomic E-state index is 15.0. The molecule has 0 unspecified atom stereocenters. The lowest BCUT2D eigenvalue weighted by atomic mass is 10.1. The van der Waals surface area contributed by atoms with E-state index in [1.54, 1.807) is 25.6 Å². The molecule has 4 aromatic rings. The topological polar surface area (TPSA) is 150 Å². The Morgan fingerprint density at radius 2 is 2.08 bits per heavy atom. The number of H-pyrrole nitrogens is 2. The van der Waals surface area contributed by atoms with Gasteiger partial charge in [-0.2, -0.15) is 0 Å². The molecule has 0 saturated carbocycles. The number of nitrogen functional groups attached to an aromatic ring is 1. The standard InChI is InChI=1S/C24H26FN9O2/c1-3-27-9-17-20(26)22(30-10-18-28-5-4-6-29-18)19(24(35)32-17)23-31-16-8-13(7-15(25)21(16)33-23)34-11-14(12-34)36-2/h4-9,14H,3,10-12,26H2,1-2H3,(H,31,33)(H2,30,32,35). The van der Waals surface area contributed by atoms with Crippen LogP contribution in [0.4, 0.5) is 21.5 Å². The number of fused-ring (bicyclic) bond motifs is 1. The number of methoxy groups -OCH3 is 1. The Kier molecular flexibility index (Phi) is 6.34. The van der Waals surface area contributed by atoms with Crippen LogP contribution in [0.5, 0.6) is 0 Å². The Bertz CT molecular complexity index is 1480. The molecule has 1 fully saturated rings. The van der Waals surface area contributed by atoms with E-state index in [1.165, 1.54) is 12.3 Å². The smallest absolute Gasteiger partial charge is 0.261 e. The molecule has 0 aliphatic carbocycles. The minimum absolute atomic E-state index is 0.125. The van der Waals surface area contributed by atoms with Gasteiger partial charge in [-0.15, -0.1) is 0 Å². The zero-order valence-corrected chi connectivity index (χ0v) is 19.9. The summed E-state index contributed by atoms with van der Waals surface area (Å²) in [6, 6.07) is 4.96. The monoisotopic (exact) mass is 491 g/mol. The van der Waals surface area contributed by atoms with Crippen LogP contribution in [0, 0.1) is 5.82 Å². The first kappa shape index (κ1) is 23.4. The minimum Gasteiger partial charge on any atom is -0.395 e. The number of hydrogen-bond donors (Lipinski definition) is 4. The van der Waals surface area contributed by atoms with E-state index in [0.29, 0.717) is 48.0 Å². The van der Waals surface area contributed by atoms with Gasteiger partial charge in [0.2, 0.25) is 0 Å². The van der Waals surface area contributed by atoms with Gasteiger partial charge >= 0.3 is 0 Å². The summed E-state index contributed by atoms with van der Waals surface area (Å²) in [7, 11) is 1.66. The Balaban J connectivity index is 1.58. The molecule has 0 amide bonds. The lowest BCUT2D eigenvalue weighted by Gasteiger charge is -2.39. The zero-order chi connectivity index (χ0) is 25.2. The summed E-state index contributed by atoms with van der Waals surface area (Å²) in [5.74, 6) is 0.202. The molecular formula is C24H26FN9O2. The summed E-state index contributed by atoms with van der Waals surface area (Å²) in [5.41, 5.74) is 8.39. The predicted octanol–water partition coefficient (Wildman–Crippen LogP) is 2.32. The second-order valence-corrected chi connectivity index (χ2v) is 8.35. The number of aromatic amines is 2. The molecule has 3 aromatic heterocycles. The quantitative estimate of drug-likeness (QED) is 0.274. The van der Waals surface area contributed by atoms with Gasteiger partial charge in [0.25, 0.3) is 5.56 Å². The molecule has 0 atom stereocenters. The molecular weight excluding hydrogens is 465 g/mol. The fourth-order valence-corrected chi connectivity index (χ4v) is 4.08. The highest BCUT2D eigenvalue weighted by Gasteiger charge is 2.28. The highest BCUT2D eigenvalue weighted by Crippen LogP contribution is 2.33. The van der Waals surface area contributed by atoms with Crippen molar-refractivity contribution in [2.24, 2.45) is 4.99 Å². The Hall–Kier alpha value is -4.32. The third-order valence-corrected chi connectivity index (χ3v) is 6.04. The molecule has 11 nitrogen and oxygen atoms in total. The van der Waals surface area contributed by atoms with Crippen LogP contribution in [-0.4, -0.2) is 64.0 Å². The summed E-state index contributed by atoms with van der Waals surface area (Å²) in [6.07, 6.45) is 4.88. The molecule has 1 aliphatic rings. The first-order valence-electron chi connectivity index (χ1n) is 11.5. The van der Waals surface area contributed by atoms with Crippen molar-refractivity contribution >= 4 is 34.3 Å². The maximum atomic E-state index is 15.0. The van der Waals surface area contributed by atoms with Crippen LogP contribution in [0.3, 0.4) is 0 Å². The number of benzene rings is 1. The van der Waals surface area contributed by atoms with Crippen LogP contribution in [0.25, 0.3) is 22.4 Å². The summed E-state index contributed by atoms with van der Waals surface area (Å²) < 4.78 is 20.3. The number of halogens is 1. The van der Waals surface area contributed by atoms with Gasteiger partial charge in [-0.05, 0) is 25.1 Å². The van der Waals surface area contributed by atoms with Crippen molar-refractivity contribution < 1.29 is 9.13 Å². The molecule has 4 heterocycles. The summed E-state index contributed by atoms with van der Waals surface area (Å²) in [5, 5.41) is 3.16. The molecule has 12 heteroatoms. The Morgan fingerprint density at radius 3 is 2.81 bits per heavy atom. The average molecular weight is 492 g/mol. The Labute approximate surface area is 205 Å². The van der Waals surface area contributed by atoms with Crippen molar-refractivity contribution in [1.82, 2.24) is 24.9 Å². The minimum atomic E-state index is -0.492. The van der Waals surface area contributed by atoms with Gasteiger partial charge in [-0.3, -0.25) is 9.79 Å². The highest BCUT2D eigenvalue weighted by atomic mass is 19.1. The van der Waals surface area contributed by atoms with Gasteiger partial charge in [0.05, 0.1) is 35.2 Å². The molecule has 1 saturated heterocycles. The van der Waals surface area contributed by atoms with Crippen molar-refractivity contribution in [3.05, 3.63) is 58.3 Å². The number of pyridine rings is 1. The van der Waals surface area contributed by atoms with Crippen molar-refractivity contribution in [1.29, 1.82) is 0 Å². The number of nitrogens with one attached hydrogen (secondary N) is 3. The molecule has 1 aliphatic heterocycles. The molecule has 36 heavy (non-hydrogen) atoms. The Morgan fingerprint density at radius 1 is 1.31 bits per heavy atom. The number of nitrogens with zero attached hydrogens (tertiary/aromatic N) is 5. The fourth-order valence-electron chi connectivity index (χ4n) is 4.08. The maximum Gasteiger partial charge on any atom is 0.261 e. The van der Waals surface area contributed by atoms with Crippen LogP contribution in [0.2, 0.25) is 0 Å². The molecule has 5 rings (SSSR count). The van der Waals surface area contributed by atoms with Gasteiger partial charge in [0.1, 0.15) is 22.7 Å². The predicted molar refractivity (Wildman–Crippen MR) is 137 cm³/mol. The van der Waals surface area contributed by atoms with Crippen LogP contribution in [0.1, 0.15) is 18.4 Å². The van der Waals surface area contributed by atoms with Gasteiger partial charge < -0.3 is 30.7 Å². The zero-order valence-electron chi connectivity index (χ0n) is 19.9. The second kappa shape index (κ2) is 9.74. The van der Waals surface area contributed by atoms with Gasteiger partial charge in [0.15, 0.2) is 5.82 Å². The molecule has 0 spiro atoms. The molecule has 5 N–H and O–H groups in total. The van der Waals surface area contributed by atoms with E-state index in [1.807, 2.05) is 17.9 Å². The third kappa shape index (κ3) is 4.38. The number of hydrogen-bond acceptors (Lipinski definition) is 9.